The van der Waals surface area contributed by atoms with Gasteiger partial charge in [0, 0.05) is 54.8 Å². The van der Waals surface area contributed by atoms with Gasteiger partial charge in [-0.2, -0.15) is 0 Å². The van der Waals surface area contributed by atoms with E-state index in [0.717, 1.165) is 66.5 Å². The van der Waals surface area contributed by atoms with E-state index in [9.17, 15) is 0 Å². The van der Waals surface area contributed by atoms with Crippen molar-refractivity contribution in [1.29, 1.82) is 0 Å². The molecule has 13 rings (SSSR count). The zero-order chi connectivity index (χ0) is 37.9. The van der Waals surface area contributed by atoms with E-state index in [0.29, 0.717) is 0 Å². The minimum absolute atomic E-state index is 0.912. The maximum atomic E-state index is 6.57. The molecular formula is C54H33N3O. The van der Waals surface area contributed by atoms with Crippen LogP contribution >= 0.6 is 0 Å². The first-order valence-electron chi connectivity index (χ1n) is 19.8. The molecule has 0 atom stereocenters. The molecular weight excluding hydrogens is 707 g/mol. The van der Waals surface area contributed by atoms with Crippen LogP contribution in [0.3, 0.4) is 0 Å². The van der Waals surface area contributed by atoms with Gasteiger partial charge >= 0.3 is 0 Å². The van der Waals surface area contributed by atoms with Crippen molar-refractivity contribution < 1.29 is 4.42 Å². The summed E-state index contributed by atoms with van der Waals surface area (Å²) < 4.78 is 13.8. The number of hydrogen-bond donors (Lipinski definition) is 0. The van der Waals surface area contributed by atoms with Gasteiger partial charge in [-0.3, -0.25) is 0 Å². The van der Waals surface area contributed by atoms with Gasteiger partial charge in [-0.1, -0.05) is 121 Å². The predicted molar refractivity (Wildman–Crippen MR) is 242 cm³/mol. The van der Waals surface area contributed by atoms with Crippen LogP contribution in [-0.2, 0) is 0 Å². The highest BCUT2D eigenvalue weighted by Gasteiger charge is 2.20. The van der Waals surface area contributed by atoms with Crippen LogP contribution in [0, 0.1) is 0 Å². The molecule has 13 aromatic rings. The Morgan fingerprint density at radius 3 is 1.24 bits per heavy atom. The fraction of sp³-hybridized carbons (Fsp3) is 0. The molecule has 4 aromatic heterocycles. The molecule has 0 N–H and O–H groups in total. The number of fused-ring (bicyclic) bond motifs is 13. The van der Waals surface area contributed by atoms with Crippen molar-refractivity contribution in [3.8, 4) is 28.2 Å². The molecule has 0 aliphatic carbocycles. The molecule has 58 heavy (non-hydrogen) atoms. The molecule has 0 aliphatic rings. The lowest BCUT2D eigenvalue weighted by Gasteiger charge is -2.16. The average Bonchev–Trinajstić information content (AvgIpc) is 4.03. The topological polar surface area (TPSA) is 27.9 Å². The second-order valence-corrected chi connectivity index (χ2v) is 15.3. The van der Waals surface area contributed by atoms with Crippen molar-refractivity contribution in [3.63, 3.8) is 0 Å². The minimum atomic E-state index is 0.912. The quantitative estimate of drug-likeness (QED) is 0.177. The van der Waals surface area contributed by atoms with E-state index in [-0.39, 0.29) is 0 Å². The van der Waals surface area contributed by atoms with E-state index in [2.05, 4.69) is 208 Å². The third kappa shape index (κ3) is 4.34. The van der Waals surface area contributed by atoms with Crippen LogP contribution in [-0.4, -0.2) is 13.7 Å². The fourth-order valence-electron chi connectivity index (χ4n) is 9.74. The van der Waals surface area contributed by atoms with Crippen molar-refractivity contribution in [3.05, 3.63) is 200 Å². The van der Waals surface area contributed by atoms with E-state index < -0.39 is 0 Å². The van der Waals surface area contributed by atoms with Crippen LogP contribution in [0.1, 0.15) is 0 Å². The van der Waals surface area contributed by atoms with Gasteiger partial charge in [-0.25, -0.2) is 0 Å². The lowest BCUT2D eigenvalue weighted by atomic mass is 10.0. The molecule has 0 amide bonds. The number of para-hydroxylation sites is 6. The smallest absolute Gasteiger partial charge is 0.145 e. The van der Waals surface area contributed by atoms with Crippen molar-refractivity contribution in [1.82, 2.24) is 13.7 Å². The van der Waals surface area contributed by atoms with Crippen LogP contribution in [0.25, 0.3) is 116 Å². The van der Waals surface area contributed by atoms with Gasteiger partial charge in [0.1, 0.15) is 11.2 Å². The normalized spacial score (nSPS) is 12.1. The van der Waals surface area contributed by atoms with E-state index >= 15 is 0 Å². The van der Waals surface area contributed by atoms with E-state index in [4.69, 9.17) is 4.42 Å². The molecule has 0 aliphatic heterocycles. The molecule has 0 spiro atoms. The van der Waals surface area contributed by atoms with Gasteiger partial charge in [-0.05, 0) is 90.0 Å². The molecule has 4 heteroatoms. The standard InChI is InChI=1S/C54H33N3O/c1-7-19-46-39(13-1)40-14-2-8-20-47(40)56(46)37-31-35(32-38(33-37)57-48-21-9-3-15-41(48)42-16-4-10-22-49(42)57)34-25-27-36(28-26-34)55-50-23-11-5-18-45(50)53-51(55)30-29-44-43-17-6-12-24-52(43)58-54(44)53/h1-33H. The summed E-state index contributed by atoms with van der Waals surface area (Å²) in [6.07, 6.45) is 0. The molecule has 4 nitrogen and oxygen atoms in total. The fourth-order valence-corrected chi connectivity index (χ4v) is 9.74. The monoisotopic (exact) mass is 739 g/mol. The summed E-state index contributed by atoms with van der Waals surface area (Å²) in [5, 5.41) is 9.60. The average molecular weight is 740 g/mol. The summed E-state index contributed by atoms with van der Waals surface area (Å²) in [4.78, 5) is 0. The summed E-state index contributed by atoms with van der Waals surface area (Å²) in [5.74, 6) is 0. The number of furan rings is 1. The number of hydrogen-bond acceptors (Lipinski definition) is 1. The number of aromatic nitrogens is 3. The first-order valence-corrected chi connectivity index (χ1v) is 19.8. The molecule has 0 unspecified atom stereocenters. The van der Waals surface area contributed by atoms with Gasteiger partial charge in [0.2, 0.25) is 0 Å². The van der Waals surface area contributed by atoms with Crippen LogP contribution < -0.4 is 0 Å². The molecule has 0 fully saturated rings. The van der Waals surface area contributed by atoms with Gasteiger partial charge in [0.05, 0.1) is 38.5 Å². The Kier molecular flexibility index (Phi) is 6.41. The minimum Gasteiger partial charge on any atom is -0.455 e. The number of benzene rings is 9. The zero-order valence-electron chi connectivity index (χ0n) is 31.3. The van der Waals surface area contributed by atoms with E-state index in [1.54, 1.807) is 0 Å². The number of rotatable bonds is 4. The highest BCUT2D eigenvalue weighted by molar-refractivity contribution is 6.24. The van der Waals surface area contributed by atoms with Gasteiger partial charge in [0.15, 0.2) is 0 Å². The second-order valence-electron chi connectivity index (χ2n) is 15.3. The summed E-state index contributed by atoms with van der Waals surface area (Å²) in [6, 6.07) is 72.6. The van der Waals surface area contributed by atoms with Crippen LogP contribution in [0.15, 0.2) is 205 Å². The second kappa shape index (κ2) is 11.8. The summed E-state index contributed by atoms with van der Waals surface area (Å²) >= 11 is 0. The third-order valence-corrected chi connectivity index (χ3v) is 12.2. The predicted octanol–water partition coefficient (Wildman–Crippen LogP) is 14.5. The van der Waals surface area contributed by atoms with E-state index in [1.165, 1.54) is 49.0 Å². The van der Waals surface area contributed by atoms with Crippen molar-refractivity contribution >= 4 is 87.4 Å². The summed E-state index contributed by atoms with van der Waals surface area (Å²) in [5.41, 5.74) is 14.5. The molecule has 9 aromatic carbocycles. The van der Waals surface area contributed by atoms with Gasteiger partial charge in [0.25, 0.3) is 0 Å². The Morgan fingerprint density at radius 1 is 0.276 bits per heavy atom. The Morgan fingerprint density at radius 2 is 0.707 bits per heavy atom. The Balaban J connectivity index is 1.04. The molecule has 4 heterocycles. The third-order valence-electron chi connectivity index (χ3n) is 12.2. The van der Waals surface area contributed by atoms with Crippen LogP contribution in [0.4, 0.5) is 0 Å². The Labute approximate surface area is 332 Å². The first kappa shape index (κ1) is 31.4. The highest BCUT2D eigenvalue weighted by Crippen LogP contribution is 2.42. The maximum Gasteiger partial charge on any atom is 0.145 e. The zero-order valence-corrected chi connectivity index (χ0v) is 31.3. The van der Waals surface area contributed by atoms with Crippen molar-refractivity contribution in [2.75, 3.05) is 0 Å². The van der Waals surface area contributed by atoms with E-state index in [1.807, 2.05) is 6.07 Å². The summed E-state index contributed by atoms with van der Waals surface area (Å²) in [6.45, 7) is 0. The van der Waals surface area contributed by atoms with Gasteiger partial charge < -0.3 is 18.1 Å². The van der Waals surface area contributed by atoms with Gasteiger partial charge in [-0.15, -0.1) is 0 Å². The van der Waals surface area contributed by atoms with Crippen LogP contribution in [0.2, 0.25) is 0 Å². The summed E-state index contributed by atoms with van der Waals surface area (Å²) in [7, 11) is 0. The molecule has 270 valence electrons. The Bertz CT molecular complexity index is 3560. The molecule has 0 saturated carbocycles. The van der Waals surface area contributed by atoms with Crippen LogP contribution in [0.5, 0.6) is 0 Å². The SMILES string of the molecule is c1ccc2c(c1)oc1c2ccc2c1c1ccccc1n2-c1ccc(-c2cc(-n3c4ccccc4c4ccccc43)cc(-n3c4ccccc4c4ccccc43)c2)cc1. The van der Waals surface area contributed by atoms with Crippen molar-refractivity contribution in [2.24, 2.45) is 0 Å². The lowest BCUT2D eigenvalue weighted by molar-refractivity contribution is 0.673. The largest absolute Gasteiger partial charge is 0.455 e. The number of nitrogens with zero attached hydrogens (tertiary/aromatic N) is 3. The lowest BCUT2D eigenvalue weighted by Crippen LogP contribution is -2.00. The molecule has 0 bridgehead atoms. The first-order chi connectivity index (χ1) is 28.8. The Hall–Kier alpha value is -7.82. The molecule has 0 radical (unpaired) electrons. The maximum absolute atomic E-state index is 6.57. The highest BCUT2D eigenvalue weighted by atomic mass is 16.3. The van der Waals surface area contributed by atoms with Crippen molar-refractivity contribution in [2.45, 2.75) is 0 Å². The molecule has 0 saturated heterocycles.